The molecule has 0 bridgehead atoms. The summed E-state index contributed by atoms with van der Waals surface area (Å²) in [6, 6.07) is 8.98. The Hall–Kier alpha value is -2.25. The van der Waals surface area contributed by atoms with Crippen molar-refractivity contribution in [3.63, 3.8) is 0 Å². The third-order valence-electron chi connectivity index (χ3n) is 3.11. The molecule has 2 aromatic carbocycles. The van der Waals surface area contributed by atoms with Crippen molar-refractivity contribution >= 4 is 16.0 Å². The highest BCUT2D eigenvalue weighted by atomic mass is 32.2. The molecule has 0 atom stereocenters. The van der Waals surface area contributed by atoms with Crippen LogP contribution in [0.25, 0.3) is 11.1 Å². The van der Waals surface area contributed by atoms with E-state index in [0.29, 0.717) is 5.56 Å². The van der Waals surface area contributed by atoms with Gasteiger partial charge in [-0.2, -0.15) is 0 Å². The molecule has 0 aliphatic carbocycles. The van der Waals surface area contributed by atoms with Crippen LogP contribution in [-0.4, -0.2) is 25.0 Å². The number of hydrogen-bond acceptors (Lipinski definition) is 3. The van der Waals surface area contributed by atoms with Crippen molar-refractivity contribution in [3.8, 4) is 11.1 Å². The lowest BCUT2D eigenvalue weighted by Gasteiger charge is -2.21. The Balaban J connectivity index is 2.58. The van der Waals surface area contributed by atoms with Crippen LogP contribution in [0.1, 0.15) is 31.1 Å². The largest absolute Gasteiger partial charge is 0.478 e. The summed E-state index contributed by atoms with van der Waals surface area (Å²) in [5, 5.41) is 8.94. The smallest absolute Gasteiger partial charge is 0.335 e. The van der Waals surface area contributed by atoms with E-state index in [1.807, 2.05) is 0 Å². The van der Waals surface area contributed by atoms with Gasteiger partial charge in [0.05, 0.1) is 10.5 Å². The first kappa shape index (κ1) is 18.1. The Labute approximate surface area is 140 Å². The molecule has 0 fully saturated rings. The Morgan fingerprint density at radius 1 is 1.08 bits per heavy atom. The van der Waals surface area contributed by atoms with E-state index in [0.717, 1.165) is 12.1 Å². The number of carbonyl (C=O) groups is 1. The molecular formula is C17H18FNO4S. The lowest BCUT2D eigenvalue weighted by atomic mass is 10.0. The summed E-state index contributed by atoms with van der Waals surface area (Å²) in [4.78, 5) is 10.9. The number of benzene rings is 2. The molecule has 0 radical (unpaired) electrons. The number of halogens is 1. The molecule has 7 heteroatoms. The minimum atomic E-state index is -3.87. The molecule has 0 aliphatic rings. The summed E-state index contributed by atoms with van der Waals surface area (Å²) in [6.07, 6.45) is 0. The molecule has 2 N–H and O–H groups in total. The van der Waals surface area contributed by atoms with Crippen molar-refractivity contribution in [3.05, 3.63) is 53.8 Å². The molecular weight excluding hydrogens is 333 g/mol. The van der Waals surface area contributed by atoms with Crippen LogP contribution >= 0.6 is 0 Å². The van der Waals surface area contributed by atoms with Crippen molar-refractivity contribution in [2.75, 3.05) is 0 Å². The van der Waals surface area contributed by atoms with Gasteiger partial charge in [0.25, 0.3) is 0 Å². The van der Waals surface area contributed by atoms with Gasteiger partial charge in [0.2, 0.25) is 10.0 Å². The first-order valence-corrected chi connectivity index (χ1v) is 8.65. The van der Waals surface area contributed by atoms with Gasteiger partial charge in [-0.15, -0.1) is 0 Å². The lowest BCUT2D eigenvalue weighted by molar-refractivity contribution is 0.0697. The molecule has 128 valence electrons. The standard InChI is InChI=1S/C17H18FNO4S/c1-17(2,3)19-24(22,23)15-9-8-13(18)10-14(15)11-4-6-12(7-5-11)16(20)21/h4-10,19H,1-3H3,(H,20,21). The van der Waals surface area contributed by atoms with Gasteiger partial charge >= 0.3 is 5.97 Å². The van der Waals surface area contributed by atoms with E-state index >= 15 is 0 Å². The molecule has 5 nitrogen and oxygen atoms in total. The number of sulfonamides is 1. The second-order valence-corrected chi connectivity index (χ2v) is 8.03. The molecule has 0 saturated heterocycles. The third kappa shape index (κ3) is 4.18. The van der Waals surface area contributed by atoms with Crippen LogP contribution in [0.3, 0.4) is 0 Å². The van der Waals surface area contributed by atoms with E-state index < -0.39 is 27.3 Å². The lowest BCUT2D eigenvalue weighted by Crippen LogP contribution is -2.40. The van der Waals surface area contributed by atoms with Crippen LogP contribution < -0.4 is 4.72 Å². The molecule has 0 spiro atoms. The molecule has 2 aromatic rings. The second kappa shape index (κ2) is 6.33. The number of hydrogen-bond donors (Lipinski definition) is 2. The maximum atomic E-state index is 13.7. The van der Waals surface area contributed by atoms with Crippen LogP contribution in [0, 0.1) is 5.82 Å². The van der Waals surface area contributed by atoms with Gasteiger partial charge in [0.1, 0.15) is 5.82 Å². The van der Waals surface area contributed by atoms with Gasteiger partial charge < -0.3 is 5.11 Å². The maximum absolute atomic E-state index is 13.7. The van der Waals surface area contributed by atoms with Gasteiger partial charge in [-0.1, -0.05) is 12.1 Å². The Morgan fingerprint density at radius 2 is 1.67 bits per heavy atom. The fourth-order valence-electron chi connectivity index (χ4n) is 2.21. The molecule has 0 aromatic heterocycles. The van der Waals surface area contributed by atoms with Crippen LogP contribution in [0.4, 0.5) is 4.39 Å². The van der Waals surface area contributed by atoms with Crippen molar-refractivity contribution in [1.82, 2.24) is 4.72 Å². The fourth-order valence-corrected chi connectivity index (χ4v) is 3.84. The number of nitrogens with one attached hydrogen (secondary N) is 1. The number of carboxylic acid groups (broad SMARTS) is 1. The molecule has 24 heavy (non-hydrogen) atoms. The van der Waals surface area contributed by atoms with E-state index in [-0.39, 0.29) is 16.0 Å². The quantitative estimate of drug-likeness (QED) is 0.885. The predicted octanol–water partition coefficient (Wildman–Crippen LogP) is 3.27. The molecule has 0 heterocycles. The van der Waals surface area contributed by atoms with Crippen molar-refractivity contribution < 1.29 is 22.7 Å². The highest BCUT2D eigenvalue weighted by molar-refractivity contribution is 7.89. The molecule has 2 rings (SSSR count). The average Bonchev–Trinajstić information content (AvgIpc) is 2.44. The second-order valence-electron chi connectivity index (χ2n) is 6.38. The van der Waals surface area contributed by atoms with Gasteiger partial charge in [-0.05, 0) is 56.7 Å². The minimum absolute atomic E-state index is 0.0624. The molecule has 0 amide bonds. The summed E-state index contributed by atoms with van der Waals surface area (Å²) >= 11 is 0. The van der Waals surface area contributed by atoms with Gasteiger partial charge in [0.15, 0.2) is 0 Å². The highest BCUT2D eigenvalue weighted by Crippen LogP contribution is 2.29. The van der Waals surface area contributed by atoms with Crippen LogP contribution in [0.5, 0.6) is 0 Å². The van der Waals surface area contributed by atoms with Crippen LogP contribution in [0.2, 0.25) is 0 Å². The normalized spacial score (nSPS) is 12.2. The van der Waals surface area contributed by atoms with E-state index in [9.17, 15) is 17.6 Å². The topological polar surface area (TPSA) is 83.5 Å². The zero-order valence-corrected chi connectivity index (χ0v) is 14.3. The van der Waals surface area contributed by atoms with E-state index in [1.165, 1.54) is 30.3 Å². The number of carboxylic acids is 1. The average molecular weight is 351 g/mol. The molecule has 0 saturated carbocycles. The van der Waals surface area contributed by atoms with Gasteiger partial charge in [-0.3, -0.25) is 0 Å². The first-order chi connectivity index (χ1) is 11.0. The number of aromatic carboxylic acids is 1. The summed E-state index contributed by atoms with van der Waals surface area (Å²) < 4.78 is 41.4. The van der Waals surface area contributed by atoms with Crippen LogP contribution in [-0.2, 0) is 10.0 Å². The third-order valence-corrected chi connectivity index (χ3v) is 4.93. The Bertz CT molecular complexity index is 868. The molecule has 0 aliphatic heterocycles. The van der Waals surface area contributed by atoms with Crippen molar-refractivity contribution in [2.45, 2.75) is 31.2 Å². The zero-order chi connectivity index (χ0) is 18.1. The fraction of sp³-hybridized carbons (Fsp3) is 0.235. The summed E-state index contributed by atoms with van der Waals surface area (Å²) in [5.41, 5.74) is -0.0534. The summed E-state index contributed by atoms with van der Waals surface area (Å²) in [5.74, 6) is -1.68. The maximum Gasteiger partial charge on any atom is 0.335 e. The van der Waals surface area contributed by atoms with E-state index in [2.05, 4.69) is 4.72 Å². The van der Waals surface area contributed by atoms with Crippen molar-refractivity contribution in [1.29, 1.82) is 0 Å². The van der Waals surface area contributed by atoms with Gasteiger partial charge in [0, 0.05) is 11.1 Å². The Morgan fingerprint density at radius 3 is 2.17 bits per heavy atom. The SMILES string of the molecule is CC(C)(C)NS(=O)(=O)c1ccc(F)cc1-c1ccc(C(=O)O)cc1. The summed E-state index contributed by atoms with van der Waals surface area (Å²) in [6.45, 7) is 5.11. The van der Waals surface area contributed by atoms with Crippen LogP contribution in [0.15, 0.2) is 47.4 Å². The Kier molecular flexibility index (Phi) is 4.77. The first-order valence-electron chi connectivity index (χ1n) is 7.17. The van der Waals surface area contributed by atoms with E-state index in [4.69, 9.17) is 5.11 Å². The molecule has 0 unspecified atom stereocenters. The highest BCUT2D eigenvalue weighted by Gasteiger charge is 2.25. The monoisotopic (exact) mass is 351 g/mol. The minimum Gasteiger partial charge on any atom is -0.478 e. The zero-order valence-electron chi connectivity index (χ0n) is 13.5. The van der Waals surface area contributed by atoms with E-state index in [1.54, 1.807) is 20.8 Å². The predicted molar refractivity (Wildman–Crippen MR) is 88.9 cm³/mol. The number of rotatable bonds is 4. The van der Waals surface area contributed by atoms with Crippen molar-refractivity contribution in [2.24, 2.45) is 0 Å². The summed E-state index contributed by atoms with van der Waals surface area (Å²) in [7, 11) is -3.87. The van der Waals surface area contributed by atoms with Gasteiger partial charge in [-0.25, -0.2) is 22.3 Å².